The van der Waals surface area contributed by atoms with Crippen molar-refractivity contribution in [1.82, 2.24) is 26.6 Å². The molecule has 0 aromatic carbocycles. The maximum absolute atomic E-state index is 12.8. The maximum atomic E-state index is 12.8. The number of hydrogen-bond donors (Lipinski definition) is 8. The fourth-order valence-electron chi connectivity index (χ4n) is 3.30. The molecule has 6 atom stereocenters. The van der Waals surface area contributed by atoms with E-state index in [4.69, 9.17) is 5.73 Å². The van der Waals surface area contributed by atoms with Crippen LogP contribution in [0.1, 0.15) is 33.1 Å². The van der Waals surface area contributed by atoms with Crippen LogP contribution in [0.3, 0.4) is 0 Å². The molecule has 0 radical (unpaired) electrons. The molecule has 1 saturated heterocycles. The Balaban J connectivity index is 3.39. The second kappa shape index (κ2) is 15.3. The number of nitrogens with one attached hydrogen (secondary N) is 5. The van der Waals surface area contributed by atoms with Crippen molar-refractivity contribution in [3.05, 3.63) is 0 Å². The van der Waals surface area contributed by atoms with Gasteiger partial charge in [-0.15, -0.1) is 0 Å². The topological polar surface area (TPSA) is 212 Å². The number of hydrogen-bond acceptors (Lipinski definition) is 9. The Labute approximate surface area is 218 Å². The molecule has 13 nitrogen and oxygen atoms in total. The number of thioether (sulfide) groups is 1. The Morgan fingerprint density at radius 3 is 2.26 bits per heavy atom. The number of carboxylic acid groups (broad SMARTS) is 1. The summed E-state index contributed by atoms with van der Waals surface area (Å²) in [4.78, 5) is 61.8. The molecule has 1 fully saturated rings. The third-order valence-corrected chi connectivity index (χ3v) is 7.65. The number of aliphatic carboxylic acids is 1. The van der Waals surface area contributed by atoms with Crippen LogP contribution >= 0.6 is 11.8 Å². The third-order valence-electron chi connectivity index (χ3n) is 5.25. The van der Waals surface area contributed by atoms with E-state index in [0.717, 1.165) is 11.8 Å². The average molecular weight is 599 g/mol. The molecule has 9 N–H and O–H groups in total. The van der Waals surface area contributed by atoms with Crippen LogP contribution in [-0.2, 0) is 43.3 Å². The van der Waals surface area contributed by atoms with Crippen molar-refractivity contribution in [3.63, 3.8) is 0 Å². The van der Waals surface area contributed by atoms with Crippen molar-refractivity contribution in [2.45, 2.75) is 68.6 Å². The van der Waals surface area contributed by atoms with Gasteiger partial charge in [-0.25, -0.2) is 0 Å². The molecule has 0 bridgehead atoms. The van der Waals surface area contributed by atoms with E-state index in [1.807, 2.05) is 6.92 Å². The summed E-state index contributed by atoms with van der Waals surface area (Å²) in [6.07, 6.45) is 0.880. The van der Waals surface area contributed by atoms with Crippen molar-refractivity contribution in [1.29, 1.82) is 0 Å². The molecule has 1 rings (SSSR count). The van der Waals surface area contributed by atoms with E-state index in [-0.39, 0.29) is 12.2 Å². The molecule has 1 aliphatic heterocycles. The van der Waals surface area contributed by atoms with Crippen molar-refractivity contribution in [2.24, 2.45) is 5.73 Å². The van der Waals surface area contributed by atoms with Gasteiger partial charge in [0.1, 0.15) is 0 Å². The van der Waals surface area contributed by atoms with Gasteiger partial charge in [0.2, 0.25) is 0 Å². The number of carboxylic acids is 1. The van der Waals surface area contributed by atoms with Gasteiger partial charge in [0.05, 0.1) is 0 Å². The predicted molar refractivity (Wildman–Crippen MR) is 126 cm³/mol. The van der Waals surface area contributed by atoms with Gasteiger partial charge in [-0.3, -0.25) is 0 Å². The molecular formula is C20H34MoN6O7S. The summed E-state index contributed by atoms with van der Waals surface area (Å²) >= 11 is 2.57. The Bertz CT molecular complexity index is 817. The zero-order valence-electron chi connectivity index (χ0n) is 19.8. The van der Waals surface area contributed by atoms with Crippen LogP contribution in [0.4, 0.5) is 0 Å². The van der Waals surface area contributed by atoms with Gasteiger partial charge in [-0.1, -0.05) is 0 Å². The number of rotatable bonds is 7. The van der Waals surface area contributed by atoms with Crippen molar-refractivity contribution in [3.8, 4) is 0 Å². The fraction of sp³-hybridized carbons (Fsp3) is 0.700. The fourth-order valence-corrected chi connectivity index (χ4v) is 5.31. The summed E-state index contributed by atoms with van der Waals surface area (Å²) in [6, 6.07) is -4.68. The van der Waals surface area contributed by atoms with Crippen LogP contribution in [0, 0.1) is 0 Å². The van der Waals surface area contributed by atoms with Crippen LogP contribution in [0.2, 0.25) is 0 Å². The molecule has 15 heteroatoms. The molecule has 0 saturated carbocycles. The van der Waals surface area contributed by atoms with Crippen LogP contribution in [-0.4, -0.2) is 98.7 Å². The molecule has 0 aromatic heterocycles. The summed E-state index contributed by atoms with van der Waals surface area (Å²) in [7, 11) is 1.52. The second-order valence-electron chi connectivity index (χ2n) is 8.04. The Kier molecular flexibility index (Phi) is 13.6. The molecule has 1 aliphatic rings. The van der Waals surface area contributed by atoms with Gasteiger partial charge >= 0.3 is 219 Å². The van der Waals surface area contributed by atoms with Gasteiger partial charge in [0, 0.05) is 0 Å². The number of nitrogens with two attached hydrogens (primary N) is 1. The number of amides is 4. The molecule has 4 amide bonds. The van der Waals surface area contributed by atoms with Gasteiger partial charge < -0.3 is 0 Å². The third kappa shape index (κ3) is 9.96. The van der Waals surface area contributed by atoms with Gasteiger partial charge in [-0.2, -0.15) is 0 Å². The summed E-state index contributed by atoms with van der Waals surface area (Å²) in [5, 5.41) is 32.0. The van der Waals surface area contributed by atoms with E-state index in [0.29, 0.717) is 16.9 Å². The Hall–Kier alpha value is -1.86. The normalized spacial score (nSPS) is 29.6. The average Bonchev–Trinajstić information content (AvgIpc) is 2.78. The molecular weight excluding hydrogens is 564 g/mol. The van der Waals surface area contributed by atoms with E-state index < -0.39 is 71.7 Å². The zero-order chi connectivity index (χ0) is 26.7. The number of likely N-dealkylation sites (N-methyl/N-ethyl adjacent to an activating group) is 1. The first kappa shape index (κ1) is 31.2. The zero-order valence-corrected chi connectivity index (χ0v) is 22.7. The molecule has 1 heterocycles. The summed E-state index contributed by atoms with van der Waals surface area (Å²) in [5.74, 6) is -3.73. The van der Waals surface area contributed by atoms with E-state index in [2.05, 4.69) is 26.6 Å². The summed E-state index contributed by atoms with van der Waals surface area (Å²) in [5.41, 5.74) is 5.36. The standard InChI is InChI=1S/C20H34N6O7S.Mo/c1-4-5-12-16(20(32)33)34-9-14(22-3)19(31)26-13(8-27)18(30)24-10(2)17(29)25-11(7-23-12)6-15(21)28;/h10-14,16,22-23,27H,4-6,8-9H2,1-3H3,(H2,21,28)(H,24,30)(H,25,29)(H,26,31)(H,32,33);/t10-,11-,12+,13?,14-,16?;/m0./s1. The van der Waals surface area contributed by atoms with Crippen LogP contribution in [0.5, 0.6) is 0 Å². The summed E-state index contributed by atoms with van der Waals surface area (Å²) < 4.78 is 0.444. The number of carbonyl (C=O) groups excluding carboxylic acids is 4. The van der Waals surface area contributed by atoms with Crippen molar-refractivity contribution >= 4 is 45.4 Å². The molecule has 198 valence electrons. The number of aliphatic hydroxyl groups is 1. The number of primary amides is 1. The van der Waals surface area contributed by atoms with Gasteiger partial charge in [0.25, 0.3) is 0 Å². The number of carbonyl (C=O) groups is 5. The van der Waals surface area contributed by atoms with Gasteiger partial charge in [-0.05, 0) is 0 Å². The summed E-state index contributed by atoms with van der Waals surface area (Å²) in [6.45, 7) is 2.59. The molecule has 35 heavy (non-hydrogen) atoms. The molecule has 0 aromatic rings. The van der Waals surface area contributed by atoms with E-state index in [1.54, 1.807) is 0 Å². The van der Waals surface area contributed by atoms with Crippen molar-refractivity contribution < 1.29 is 53.5 Å². The monoisotopic (exact) mass is 600 g/mol. The van der Waals surface area contributed by atoms with E-state index in [1.165, 1.54) is 33.3 Å². The Morgan fingerprint density at radius 2 is 1.74 bits per heavy atom. The first-order chi connectivity index (χ1) is 16.4. The second-order valence-corrected chi connectivity index (χ2v) is 10.3. The van der Waals surface area contributed by atoms with Gasteiger partial charge in [0.15, 0.2) is 0 Å². The Morgan fingerprint density at radius 1 is 1.11 bits per heavy atom. The quantitative estimate of drug-likeness (QED) is 0.136. The molecule has 0 aliphatic carbocycles. The first-order valence-corrected chi connectivity index (χ1v) is 13.1. The molecule has 2 unspecified atom stereocenters. The number of aliphatic hydroxyl groups excluding tert-OH is 1. The predicted octanol–water partition coefficient (Wildman–Crippen LogP) is -3.45. The van der Waals surface area contributed by atoms with E-state index >= 15 is 0 Å². The molecule has 0 spiro atoms. The van der Waals surface area contributed by atoms with Crippen LogP contribution < -0.4 is 32.3 Å². The van der Waals surface area contributed by atoms with E-state index in [9.17, 15) is 34.2 Å². The minimum atomic E-state index is -1.33. The first-order valence-electron chi connectivity index (χ1n) is 11.1. The van der Waals surface area contributed by atoms with Crippen LogP contribution in [0.25, 0.3) is 0 Å². The van der Waals surface area contributed by atoms with Crippen LogP contribution in [0.15, 0.2) is 0 Å². The van der Waals surface area contributed by atoms with Crippen molar-refractivity contribution in [2.75, 3.05) is 19.4 Å². The minimum absolute atomic E-state index is 0.0681. The SMILES string of the molecule is CCC[C@H]1N[C](=[Mo])[C@H](CC(N)=O)NC(=O)[C@H](C)NC(=O)C(CO)NC(=O)[C@@H](NC)CSC1C(=O)O.